The average molecular weight is 228 g/mol. The van der Waals surface area contributed by atoms with Gasteiger partial charge in [-0.05, 0) is 6.92 Å². The van der Waals surface area contributed by atoms with Crippen molar-refractivity contribution in [3.05, 3.63) is 0 Å². The van der Waals surface area contributed by atoms with Crippen molar-refractivity contribution in [1.82, 2.24) is 10.6 Å². The van der Waals surface area contributed by atoms with E-state index in [0.717, 1.165) is 0 Å². The monoisotopic (exact) mass is 228 g/mol. The zero-order chi connectivity index (χ0) is 11.7. The summed E-state index contributed by atoms with van der Waals surface area (Å²) in [6.07, 6.45) is -4.36. The van der Waals surface area contributed by atoms with E-state index in [9.17, 15) is 18.0 Å². The molecule has 0 radical (unpaired) electrons. The molecule has 0 aromatic rings. The molecule has 0 atom stereocenters. The molecule has 0 rings (SSSR count). The van der Waals surface area contributed by atoms with Gasteiger partial charge in [-0.1, -0.05) is 0 Å². The topological polar surface area (TPSA) is 50.4 Å². The third-order valence-electron chi connectivity index (χ3n) is 1.40. The first-order valence-electron chi connectivity index (χ1n) is 4.57. The summed E-state index contributed by atoms with van der Waals surface area (Å²) in [4.78, 5) is 10.8. The van der Waals surface area contributed by atoms with E-state index in [1.165, 1.54) is 0 Å². The van der Waals surface area contributed by atoms with Gasteiger partial charge in [0.05, 0.1) is 13.2 Å². The molecule has 90 valence electrons. The first kappa shape index (κ1) is 14.2. The van der Waals surface area contributed by atoms with Gasteiger partial charge in [0.1, 0.15) is 6.54 Å². The second-order valence-electron chi connectivity index (χ2n) is 2.77. The third-order valence-corrected chi connectivity index (χ3v) is 1.40. The number of hydrogen-bond donors (Lipinski definition) is 2. The molecule has 0 aromatic carbocycles. The highest BCUT2D eigenvalue weighted by Gasteiger charge is 2.27. The Labute approximate surface area is 86.2 Å². The van der Waals surface area contributed by atoms with Crippen LogP contribution in [0.1, 0.15) is 6.92 Å². The van der Waals surface area contributed by atoms with E-state index in [2.05, 4.69) is 5.32 Å². The van der Waals surface area contributed by atoms with E-state index in [1.807, 2.05) is 6.92 Å². The summed E-state index contributed by atoms with van der Waals surface area (Å²) in [7, 11) is 0. The Morgan fingerprint density at radius 1 is 1.40 bits per heavy atom. The Kier molecular flexibility index (Phi) is 7.06. The Morgan fingerprint density at radius 2 is 2.07 bits per heavy atom. The number of amides is 1. The van der Waals surface area contributed by atoms with E-state index in [0.29, 0.717) is 19.8 Å². The van der Waals surface area contributed by atoms with Crippen LogP contribution in [0.2, 0.25) is 0 Å². The molecule has 1 amide bonds. The van der Waals surface area contributed by atoms with Crippen molar-refractivity contribution in [1.29, 1.82) is 0 Å². The first-order chi connectivity index (χ1) is 6.95. The maximum atomic E-state index is 11.6. The van der Waals surface area contributed by atoms with E-state index < -0.39 is 18.6 Å². The van der Waals surface area contributed by atoms with Gasteiger partial charge in [-0.15, -0.1) is 0 Å². The van der Waals surface area contributed by atoms with E-state index in [4.69, 9.17) is 4.74 Å². The minimum atomic E-state index is -4.36. The third kappa shape index (κ3) is 11.1. The molecular formula is C8H15F3N2O2. The highest BCUT2D eigenvalue weighted by molar-refractivity contribution is 5.77. The van der Waals surface area contributed by atoms with Crippen molar-refractivity contribution in [2.75, 3.05) is 32.8 Å². The highest BCUT2D eigenvalue weighted by Crippen LogP contribution is 2.11. The van der Waals surface area contributed by atoms with Gasteiger partial charge in [-0.3, -0.25) is 4.79 Å². The Morgan fingerprint density at radius 3 is 2.60 bits per heavy atom. The molecule has 0 fully saturated rings. The summed E-state index contributed by atoms with van der Waals surface area (Å²) in [6, 6.07) is 0. The van der Waals surface area contributed by atoms with Crippen LogP contribution in [0.25, 0.3) is 0 Å². The molecule has 0 heterocycles. The summed E-state index contributed by atoms with van der Waals surface area (Å²) in [5.74, 6) is -0.677. The fourth-order valence-electron chi connectivity index (χ4n) is 0.752. The largest absolute Gasteiger partial charge is 0.405 e. The minimum Gasteiger partial charge on any atom is -0.380 e. The molecular weight excluding hydrogens is 213 g/mol. The number of alkyl halides is 3. The zero-order valence-electron chi connectivity index (χ0n) is 8.49. The number of halogens is 3. The quantitative estimate of drug-likeness (QED) is 0.616. The predicted octanol–water partition coefficient (Wildman–Crippen LogP) is 0.291. The Balaban J connectivity index is 3.34. The van der Waals surface area contributed by atoms with Gasteiger partial charge in [-0.25, -0.2) is 0 Å². The summed E-state index contributed by atoms with van der Waals surface area (Å²) < 4.78 is 39.9. The van der Waals surface area contributed by atoms with Crippen LogP contribution in [0.3, 0.4) is 0 Å². The van der Waals surface area contributed by atoms with Gasteiger partial charge in [-0.2, -0.15) is 13.2 Å². The molecule has 4 nitrogen and oxygen atoms in total. The lowest BCUT2D eigenvalue weighted by Crippen LogP contribution is -2.39. The van der Waals surface area contributed by atoms with Gasteiger partial charge in [0.15, 0.2) is 0 Å². The molecule has 0 aliphatic heterocycles. The number of ether oxygens (including phenoxy) is 1. The Hall–Kier alpha value is -0.820. The molecule has 0 saturated heterocycles. The molecule has 0 aliphatic carbocycles. The van der Waals surface area contributed by atoms with Crippen molar-refractivity contribution < 1.29 is 22.7 Å². The van der Waals surface area contributed by atoms with E-state index >= 15 is 0 Å². The highest BCUT2D eigenvalue weighted by atomic mass is 19.4. The fourth-order valence-corrected chi connectivity index (χ4v) is 0.752. The van der Waals surface area contributed by atoms with Crippen molar-refractivity contribution >= 4 is 5.91 Å². The maximum Gasteiger partial charge on any atom is 0.405 e. The fraction of sp³-hybridized carbons (Fsp3) is 0.875. The molecule has 15 heavy (non-hydrogen) atoms. The number of hydrogen-bond acceptors (Lipinski definition) is 3. The maximum absolute atomic E-state index is 11.6. The van der Waals surface area contributed by atoms with Crippen LogP contribution >= 0.6 is 0 Å². The van der Waals surface area contributed by atoms with Gasteiger partial charge < -0.3 is 15.4 Å². The Bertz CT molecular complexity index is 185. The molecule has 2 N–H and O–H groups in total. The number of nitrogens with one attached hydrogen (secondary N) is 2. The van der Waals surface area contributed by atoms with Gasteiger partial charge in [0.25, 0.3) is 0 Å². The second kappa shape index (κ2) is 7.47. The van der Waals surface area contributed by atoms with E-state index in [1.54, 1.807) is 5.32 Å². The van der Waals surface area contributed by atoms with Crippen LogP contribution < -0.4 is 10.6 Å². The van der Waals surface area contributed by atoms with Crippen LogP contribution in [0.5, 0.6) is 0 Å². The number of carbonyl (C=O) groups is 1. The molecule has 0 bridgehead atoms. The number of carbonyl (C=O) groups excluding carboxylic acids is 1. The molecule has 0 aromatic heterocycles. The zero-order valence-corrected chi connectivity index (χ0v) is 8.49. The summed E-state index contributed by atoms with van der Waals surface area (Å²) in [5, 5.41) is 4.40. The smallest absolute Gasteiger partial charge is 0.380 e. The minimum absolute atomic E-state index is 0.136. The van der Waals surface area contributed by atoms with E-state index in [-0.39, 0.29) is 6.54 Å². The predicted molar refractivity (Wildman–Crippen MR) is 48.4 cm³/mol. The van der Waals surface area contributed by atoms with Crippen LogP contribution in [-0.2, 0) is 9.53 Å². The molecule has 0 saturated carbocycles. The normalized spacial score (nSPS) is 11.5. The van der Waals surface area contributed by atoms with Crippen molar-refractivity contribution in [2.24, 2.45) is 0 Å². The summed E-state index contributed by atoms with van der Waals surface area (Å²) in [5.41, 5.74) is 0. The summed E-state index contributed by atoms with van der Waals surface area (Å²) in [6.45, 7) is 1.84. The van der Waals surface area contributed by atoms with Crippen molar-refractivity contribution in [2.45, 2.75) is 13.1 Å². The summed E-state index contributed by atoms with van der Waals surface area (Å²) >= 11 is 0. The lowest BCUT2D eigenvalue weighted by atomic mass is 10.5. The van der Waals surface area contributed by atoms with Gasteiger partial charge in [0.2, 0.25) is 5.91 Å². The van der Waals surface area contributed by atoms with Crippen molar-refractivity contribution in [3.8, 4) is 0 Å². The molecule has 0 unspecified atom stereocenters. The van der Waals surface area contributed by atoms with Gasteiger partial charge in [0, 0.05) is 13.2 Å². The first-order valence-corrected chi connectivity index (χ1v) is 4.57. The van der Waals surface area contributed by atoms with Crippen LogP contribution in [0, 0.1) is 0 Å². The molecule has 0 aliphatic rings. The van der Waals surface area contributed by atoms with Crippen LogP contribution in [-0.4, -0.2) is 44.9 Å². The van der Waals surface area contributed by atoms with Crippen LogP contribution in [0.4, 0.5) is 13.2 Å². The van der Waals surface area contributed by atoms with Crippen molar-refractivity contribution in [3.63, 3.8) is 0 Å². The lowest BCUT2D eigenvalue weighted by Gasteiger charge is -2.08. The SMILES string of the molecule is CCOCCNCC(=O)NCC(F)(F)F. The molecule has 0 spiro atoms. The number of rotatable bonds is 7. The average Bonchev–Trinajstić information content (AvgIpc) is 2.13. The second-order valence-corrected chi connectivity index (χ2v) is 2.77. The standard InChI is InChI=1S/C8H15F3N2O2/c1-2-15-4-3-12-5-7(14)13-6-8(9,10)11/h12H,2-6H2,1H3,(H,13,14). The lowest BCUT2D eigenvalue weighted by molar-refractivity contribution is -0.137. The van der Waals surface area contributed by atoms with Gasteiger partial charge >= 0.3 is 6.18 Å². The van der Waals surface area contributed by atoms with Crippen LogP contribution in [0.15, 0.2) is 0 Å². The molecule has 7 heteroatoms.